The number of aryl methyl sites for hydroxylation is 1. The summed E-state index contributed by atoms with van der Waals surface area (Å²) in [5.74, 6) is -1.95. The molecule has 0 bridgehead atoms. The molecule has 1 aromatic carbocycles. The molecule has 1 unspecified atom stereocenters. The maximum Gasteiger partial charge on any atom is 0.333 e. The number of rotatable bonds is 15. The van der Waals surface area contributed by atoms with Crippen LogP contribution in [0.4, 0.5) is 4.39 Å². The second kappa shape index (κ2) is 15.2. The highest BCUT2D eigenvalue weighted by Gasteiger charge is 2.36. The molecule has 0 saturated heterocycles. The summed E-state index contributed by atoms with van der Waals surface area (Å²) in [6, 6.07) is 3.66. The molecule has 4 aromatic rings. The third kappa shape index (κ3) is 7.51. The summed E-state index contributed by atoms with van der Waals surface area (Å²) in [7, 11) is 1.42. The second-order valence-electron chi connectivity index (χ2n) is 12.4. The number of ether oxygens (including phenoxy) is 3. The van der Waals surface area contributed by atoms with Gasteiger partial charge in [0.15, 0.2) is 0 Å². The van der Waals surface area contributed by atoms with E-state index in [0.29, 0.717) is 10.6 Å². The molecule has 0 fully saturated rings. The average Bonchev–Trinajstić information content (AvgIpc) is 3.68. The van der Waals surface area contributed by atoms with Crippen LogP contribution in [0.25, 0.3) is 15.2 Å². The van der Waals surface area contributed by atoms with Crippen LogP contribution in [0.2, 0.25) is 0 Å². The number of hydrogen-bond acceptors (Lipinski definition) is 10. The van der Waals surface area contributed by atoms with Crippen molar-refractivity contribution >= 4 is 33.4 Å². The van der Waals surface area contributed by atoms with E-state index in [4.69, 9.17) is 14.2 Å². The topological polar surface area (TPSA) is 149 Å². The van der Waals surface area contributed by atoms with Crippen molar-refractivity contribution in [3.05, 3.63) is 68.4 Å². The lowest BCUT2D eigenvalue weighted by molar-refractivity contribution is -0.151. The van der Waals surface area contributed by atoms with Crippen LogP contribution >= 0.6 is 11.3 Å². The van der Waals surface area contributed by atoms with E-state index in [1.54, 1.807) is 27.7 Å². The fourth-order valence-electron chi connectivity index (χ4n) is 5.19. The number of nitrogens with zero attached hydrogens (tertiary/aromatic N) is 5. The largest absolute Gasteiger partial charge is 0.496 e. The van der Waals surface area contributed by atoms with Crippen molar-refractivity contribution in [2.24, 2.45) is 5.92 Å². The number of aromatic nitrogens is 5. The number of carbonyl (C=O) groups is 2. The number of carbonyl (C=O) groups excluding carboxylic acids is 2. The smallest absolute Gasteiger partial charge is 0.333 e. The van der Waals surface area contributed by atoms with Gasteiger partial charge >= 0.3 is 11.7 Å². The van der Waals surface area contributed by atoms with Crippen LogP contribution in [-0.4, -0.2) is 62.4 Å². The fraction of sp³-hybridized carbons (Fsp3) is 0.515. The van der Waals surface area contributed by atoms with Gasteiger partial charge in [-0.1, -0.05) is 24.7 Å². The Morgan fingerprint density at radius 3 is 2.44 bits per heavy atom. The summed E-state index contributed by atoms with van der Waals surface area (Å²) in [6.07, 6.45) is 3.52. The molecule has 1 N–H and O–H groups in total. The van der Waals surface area contributed by atoms with Crippen LogP contribution in [0.15, 0.2) is 40.2 Å². The molecule has 15 heteroatoms. The Kier molecular flexibility index (Phi) is 11.6. The minimum Gasteiger partial charge on any atom is -0.496 e. The summed E-state index contributed by atoms with van der Waals surface area (Å²) in [4.78, 5) is 56.5. The third-order valence-corrected chi connectivity index (χ3v) is 9.18. The number of thiophene rings is 1. The van der Waals surface area contributed by atoms with Gasteiger partial charge in [0.1, 0.15) is 33.0 Å². The predicted octanol–water partition coefficient (Wildman–Crippen LogP) is 4.26. The number of benzene rings is 1. The zero-order chi connectivity index (χ0) is 35.3. The van der Waals surface area contributed by atoms with Crippen molar-refractivity contribution in [2.45, 2.75) is 85.5 Å². The molecule has 3 aromatic heterocycles. The summed E-state index contributed by atoms with van der Waals surface area (Å²) in [5.41, 5.74) is -2.28. The van der Waals surface area contributed by atoms with Gasteiger partial charge in [0.25, 0.3) is 5.56 Å². The van der Waals surface area contributed by atoms with Crippen molar-refractivity contribution in [1.29, 1.82) is 0 Å². The maximum atomic E-state index is 14.7. The van der Waals surface area contributed by atoms with E-state index in [9.17, 15) is 23.6 Å². The molecular formula is C33H43FN6O7S. The van der Waals surface area contributed by atoms with E-state index in [0.717, 1.165) is 28.7 Å². The van der Waals surface area contributed by atoms with Crippen LogP contribution < -0.4 is 21.3 Å². The first-order valence-electron chi connectivity index (χ1n) is 15.8. The van der Waals surface area contributed by atoms with Gasteiger partial charge in [0.2, 0.25) is 5.91 Å². The lowest BCUT2D eigenvalue weighted by Crippen LogP contribution is -2.56. The Morgan fingerprint density at radius 2 is 1.81 bits per heavy atom. The fourth-order valence-corrected chi connectivity index (χ4v) is 6.41. The van der Waals surface area contributed by atoms with Gasteiger partial charge in [-0.2, -0.15) is 10.2 Å². The lowest BCUT2D eigenvalue weighted by Gasteiger charge is -2.29. The molecule has 4 rings (SSSR count). The number of esters is 1. The minimum absolute atomic E-state index is 0.124. The van der Waals surface area contributed by atoms with Crippen molar-refractivity contribution < 1.29 is 28.2 Å². The Morgan fingerprint density at radius 1 is 1.12 bits per heavy atom. The molecule has 260 valence electrons. The van der Waals surface area contributed by atoms with E-state index in [-0.39, 0.29) is 47.3 Å². The summed E-state index contributed by atoms with van der Waals surface area (Å²) in [6.45, 7) is 11.8. The minimum atomic E-state index is -1.61. The Balaban J connectivity index is 1.93. The summed E-state index contributed by atoms with van der Waals surface area (Å²) < 4.78 is 34.2. The SMILES string of the molecule is CCCCOC(=O)C(C)CO[C@@H](Cn1c(=O)n(C(C)(C)C(=O)NC(C)C)c(=O)c2c(C)c(-n3nccn3)sc21)c1cc(F)ccc1OC. The van der Waals surface area contributed by atoms with Crippen molar-refractivity contribution in [2.75, 3.05) is 20.3 Å². The number of nitrogens with one attached hydrogen (secondary N) is 1. The van der Waals surface area contributed by atoms with Gasteiger partial charge in [0.05, 0.1) is 50.6 Å². The second-order valence-corrected chi connectivity index (χ2v) is 13.4. The lowest BCUT2D eigenvalue weighted by atomic mass is 10.0. The number of fused-ring (bicyclic) bond motifs is 1. The number of hydrogen-bond donors (Lipinski definition) is 1. The average molecular weight is 687 g/mol. The third-order valence-electron chi connectivity index (χ3n) is 7.90. The van der Waals surface area contributed by atoms with E-state index < -0.39 is 46.5 Å². The summed E-state index contributed by atoms with van der Waals surface area (Å²) in [5, 5.41) is 11.9. The van der Waals surface area contributed by atoms with Gasteiger partial charge in [-0.15, -0.1) is 4.80 Å². The Hall–Kier alpha value is -4.37. The van der Waals surface area contributed by atoms with E-state index in [2.05, 4.69) is 15.5 Å². The molecule has 0 aliphatic carbocycles. The van der Waals surface area contributed by atoms with Crippen LogP contribution in [0.5, 0.6) is 5.75 Å². The first-order chi connectivity index (χ1) is 22.7. The molecule has 0 saturated carbocycles. The quantitative estimate of drug-likeness (QED) is 0.143. The highest BCUT2D eigenvalue weighted by Crippen LogP contribution is 2.34. The van der Waals surface area contributed by atoms with Gasteiger partial charge in [-0.3, -0.25) is 19.0 Å². The van der Waals surface area contributed by atoms with Crippen LogP contribution in [0, 0.1) is 18.7 Å². The molecule has 48 heavy (non-hydrogen) atoms. The molecular weight excluding hydrogens is 643 g/mol. The molecule has 13 nitrogen and oxygen atoms in total. The number of amides is 1. The van der Waals surface area contributed by atoms with Gasteiger partial charge in [-0.05, 0) is 66.2 Å². The van der Waals surface area contributed by atoms with Gasteiger partial charge in [-0.25, -0.2) is 13.8 Å². The molecule has 2 atom stereocenters. The first-order valence-corrected chi connectivity index (χ1v) is 16.6. The van der Waals surface area contributed by atoms with Crippen molar-refractivity contribution in [3.8, 4) is 10.8 Å². The highest BCUT2D eigenvalue weighted by molar-refractivity contribution is 7.21. The molecule has 0 aliphatic heterocycles. The van der Waals surface area contributed by atoms with Gasteiger partial charge in [0, 0.05) is 17.2 Å². The first kappa shape index (κ1) is 36.5. The van der Waals surface area contributed by atoms with Gasteiger partial charge < -0.3 is 19.5 Å². The maximum absolute atomic E-state index is 14.7. The molecule has 0 radical (unpaired) electrons. The summed E-state index contributed by atoms with van der Waals surface area (Å²) >= 11 is 1.12. The number of halogens is 1. The van der Waals surface area contributed by atoms with E-state index >= 15 is 0 Å². The number of methoxy groups -OCH3 is 1. The monoisotopic (exact) mass is 686 g/mol. The molecule has 1 amide bonds. The van der Waals surface area contributed by atoms with Crippen LogP contribution in [0.1, 0.15) is 71.6 Å². The standard InChI is InChI=1S/C33H43FN6O7S/c1-9-10-15-46-30(42)20(4)18-47-25(23-16-22(34)11-12-24(23)45-8)17-38-29-26(21(5)28(48-29)40-35-13-14-36-40)27(41)39(32(38)44)33(6,7)31(43)37-19(2)3/h11-14,16,19-20,25H,9-10,15,17-18H2,1-8H3,(H,37,43)/t20?,25-/m0/s1. The zero-order valence-corrected chi connectivity index (χ0v) is 29.4. The Labute approximate surface area is 281 Å². The Bertz CT molecular complexity index is 1880. The van der Waals surface area contributed by atoms with Crippen molar-refractivity contribution in [1.82, 2.24) is 29.4 Å². The molecule has 3 heterocycles. The molecule has 0 spiro atoms. The van der Waals surface area contributed by atoms with E-state index in [1.165, 1.54) is 60.9 Å². The van der Waals surface area contributed by atoms with E-state index in [1.807, 2.05) is 6.92 Å². The predicted molar refractivity (Wildman–Crippen MR) is 179 cm³/mol. The van der Waals surface area contributed by atoms with Crippen LogP contribution in [0.3, 0.4) is 0 Å². The highest BCUT2D eigenvalue weighted by atomic mass is 32.1. The zero-order valence-electron chi connectivity index (χ0n) is 28.5. The van der Waals surface area contributed by atoms with Crippen LogP contribution in [-0.2, 0) is 31.1 Å². The van der Waals surface area contributed by atoms with Crippen molar-refractivity contribution in [3.63, 3.8) is 0 Å². The number of unbranched alkanes of at least 4 members (excludes halogenated alkanes) is 1. The molecule has 0 aliphatic rings. The normalized spacial score (nSPS) is 13.1.